The SMILES string of the molecule is c1ccc(-c2nc(-c3ccccc3)nc(-c3ccc(-c4cc5cccc6c5c5c(cccc45)[Si]6(c4ccccc4)c4ccccc4)c4ccccc34)n2)cc1. The topological polar surface area (TPSA) is 38.7 Å². The lowest BCUT2D eigenvalue weighted by Crippen LogP contribution is -2.73. The molecule has 0 amide bonds. The van der Waals surface area contributed by atoms with E-state index in [1.54, 1.807) is 0 Å². The third kappa shape index (κ3) is 4.78. The average molecular weight is 716 g/mol. The molecule has 0 aliphatic carbocycles. The van der Waals surface area contributed by atoms with Gasteiger partial charge in [0.05, 0.1) is 0 Å². The molecule has 0 unspecified atom stereocenters. The number of benzene rings is 9. The van der Waals surface area contributed by atoms with Gasteiger partial charge in [-0.05, 0) is 76.3 Å². The molecule has 1 aromatic heterocycles. The van der Waals surface area contributed by atoms with E-state index < -0.39 is 8.07 Å². The Kier molecular flexibility index (Phi) is 7.19. The Morgan fingerprint density at radius 2 is 0.764 bits per heavy atom. The summed E-state index contributed by atoms with van der Waals surface area (Å²) < 4.78 is 0. The van der Waals surface area contributed by atoms with Crippen LogP contribution < -0.4 is 20.7 Å². The van der Waals surface area contributed by atoms with Crippen molar-refractivity contribution in [2.45, 2.75) is 0 Å². The first kappa shape index (κ1) is 31.5. The molecule has 0 N–H and O–H groups in total. The van der Waals surface area contributed by atoms with Crippen molar-refractivity contribution in [2.75, 3.05) is 0 Å². The molecule has 0 atom stereocenters. The lowest BCUT2D eigenvalue weighted by Gasteiger charge is -2.31. The number of rotatable bonds is 6. The molecule has 1 aliphatic rings. The average Bonchev–Trinajstić information content (AvgIpc) is 3.58. The van der Waals surface area contributed by atoms with E-state index in [9.17, 15) is 0 Å². The van der Waals surface area contributed by atoms with Gasteiger partial charge >= 0.3 is 0 Å². The summed E-state index contributed by atoms with van der Waals surface area (Å²) in [6.07, 6.45) is 0. The zero-order valence-corrected chi connectivity index (χ0v) is 30.9. The van der Waals surface area contributed by atoms with E-state index in [2.05, 4.69) is 164 Å². The van der Waals surface area contributed by atoms with Crippen LogP contribution in [0.1, 0.15) is 0 Å². The summed E-state index contributed by atoms with van der Waals surface area (Å²) in [7, 11) is -2.61. The molecule has 0 spiro atoms. The summed E-state index contributed by atoms with van der Waals surface area (Å²) in [4.78, 5) is 15.2. The minimum absolute atomic E-state index is 0.657. The van der Waals surface area contributed by atoms with Gasteiger partial charge in [-0.25, -0.2) is 15.0 Å². The fourth-order valence-corrected chi connectivity index (χ4v) is 14.3. The minimum atomic E-state index is -2.61. The maximum Gasteiger partial charge on any atom is 0.180 e. The maximum atomic E-state index is 5.12. The second-order valence-corrected chi connectivity index (χ2v) is 18.0. The molecule has 0 fully saturated rings. The van der Waals surface area contributed by atoms with Gasteiger partial charge < -0.3 is 0 Å². The Balaban J connectivity index is 1.17. The molecule has 4 heteroatoms. The standard InChI is InChI=1S/C51H33N3Si/c1-5-17-34(18-6-1)49-52-50(35-19-7-2-8-20-35)54-51(53-49)43-32-31-41(39-26-13-14-27-40(39)43)44-33-36-21-15-29-45-47(36)48-42(44)28-16-30-46(48)55(45,37-22-9-3-10-23-37)38-24-11-4-12-25-38/h1-33H. The van der Waals surface area contributed by atoms with Crippen molar-refractivity contribution in [3.05, 3.63) is 200 Å². The van der Waals surface area contributed by atoms with E-state index in [0.29, 0.717) is 17.5 Å². The predicted octanol–water partition coefficient (Wildman–Crippen LogP) is 9.69. The van der Waals surface area contributed by atoms with E-state index in [0.717, 1.165) is 22.1 Å². The second kappa shape index (κ2) is 12.5. The van der Waals surface area contributed by atoms with Crippen LogP contribution in [0.2, 0.25) is 0 Å². The van der Waals surface area contributed by atoms with Crippen molar-refractivity contribution < 1.29 is 0 Å². The van der Waals surface area contributed by atoms with Crippen molar-refractivity contribution in [1.29, 1.82) is 0 Å². The molecule has 55 heavy (non-hydrogen) atoms. The molecular formula is C51H33N3Si. The van der Waals surface area contributed by atoms with Crippen LogP contribution in [0.3, 0.4) is 0 Å². The highest BCUT2D eigenvalue weighted by atomic mass is 28.3. The molecule has 1 aliphatic heterocycles. The van der Waals surface area contributed by atoms with Gasteiger partial charge in [0, 0.05) is 16.7 Å². The Hall–Kier alpha value is -7.01. The molecule has 0 bridgehead atoms. The summed E-state index contributed by atoms with van der Waals surface area (Å²) in [5.74, 6) is 1.97. The highest BCUT2D eigenvalue weighted by molar-refractivity contribution is 7.23. The van der Waals surface area contributed by atoms with Crippen LogP contribution in [0.15, 0.2) is 200 Å². The quantitative estimate of drug-likeness (QED) is 0.127. The Morgan fingerprint density at radius 3 is 1.36 bits per heavy atom. The van der Waals surface area contributed by atoms with Crippen LogP contribution in [-0.2, 0) is 0 Å². The van der Waals surface area contributed by atoms with Crippen LogP contribution in [-0.4, -0.2) is 23.0 Å². The van der Waals surface area contributed by atoms with Gasteiger partial charge in [0.1, 0.15) is 0 Å². The predicted molar refractivity (Wildman–Crippen MR) is 231 cm³/mol. The normalized spacial score (nSPS) is 12.9. The van der Waals surface area contributed by atoms with Gasteiger partial charge in [0.25, 0.3) is 0 Å². The highest BCUT2D eigenvalue weighted by Crippen LogP contribution is 2.42. The number of fused-ring (bicyclic) bond motifs is 1. The van der Waals surface area contributed by atoms with Crippen LogP contribution >= 0.6 is 0 Å². The summed E-state index contributed by atoms with van der Waals surface area (Å²) in [5.41, 5.74) is 5.33. The molecular weight excluding hydrogens is 683 g/mol. The van der Waals surface area contributed by atoms with E-state index in [1.807, 2.05) is 36.4 Å². The Morgan fingerprint density at radius 1 is 0.309 bits per heavy atom. The second-order valence-electron chi connectivity index (χ2n) is 14.3. The molecule has 0 saturated carbocycles. The van der Waals surface area contributed by atoms with Crippen molar-refractivity contribution in [3.8, 4) is 45.3 Å². The molecule has 0 radical (unpaired) electrons. The lowest BCUT2D eigenvalue weighted by atomic mass is 9.89. The van der Waals surface area contributed by atoms with Gasteiger partial charge in [0.2, 0.25) is 0 Å². The fourth-order valence-electron chi connectivity index (χ4n) is 9.06. The van der Waals surface area contributed by atoms with Crippen molar-refractivity contribution in [2.24, 2.45) is 0 Å². The zero-order chi connectivity index (χ0) is 36.3. The third-order valence-electron chi connectivity index (χ3n) is 11.4. The Labute approximate surface area is 320 Å². The Bertz CT molecular complexity index is 2980. The monoisotopic (exact) mass is 715 g/mol. The molecule has 9 aromatic carbocycles. The summed E-state index contributed by atoms with van der Waals surface area (Å²) >= 11 is 0. The molecule has 11 rings (SSSR count). The van der Waals surface area contributed by atoms with Gasteiger partial charge in [-0.3, -0.25) is 0 Å². The molecule has 2 heterocycles. The summed E-state index contributed by atoms with van der Waals surface area (Å²) in [6.45, 7) is 0. The van der Waals surface area contributed by atoms with E-state index in [-0.39, 0.29) is 0 Å². The smallest absolute Gasteiger partial charge is 0.180 e. The van der Waals surface area contributed by atoms with E-state index in [1.165, 1.54) is 58.8 Å². The number of nitrogens with zero attached hydrogens (tertiary/aromatic N) is 3. The number of hydrogen-bond donors (Lipinski definition) is 0. The zero-order valence-electron chi connectivity index (χ0n) is 29.9. The van der Waals surface area contributed by atoms with Crippen molar-refractivity contribution in [1.82, 2.24) is 15.0 Å². The van der Waals surface area contributed by atoms with Crippen LogP contribution in [0.5, 0.6) is 0 Å². The largest absolute Gasteiger partial charge is 0.208 e. The highest BCUT2D eigenvalue weighted by Gasteiger charge is 2.47. The number of hydrogen-bond acceptors (Lipinski definition) is 3. The van der Waals surface area contributed by atoms with E-state index >= 15 is 0 Å². The van der Waals surface area contributed by atoms with E-state index in [4.69, 9.17) is 15.0 Å². The molecule has 10 aromatic rings. The van der Waals surface area contributed by atoms with Crippen LogP contribution in [0.25, 0.3) is 77.6 Å². The van der Waals surface area contributed by atoms with Crippen LogP contribution in [0, 0.1) is 0 Å². The first-order chi connectivity index (χ1) is 27.3. The summed E-state index contributed by atoms with van der Waals surface area (Å²) in [6, 6.07) is 72.4. The molecule has 3 nitrogen and oxygen atoms in total. The lowest BCUT2D eigenvalue weighted by molar-refractivity contribution is 1.08. The first-order valence-electron chi connectivity index (χ1n) is 18.8. The maximum absolute atomic E-state index is 5.12. The van der Waals surface area contributed by atoms with Gasteiger partial charge in [0.15, 0.2) is 25.5 Å². The van der Waals surface area contributed by atoms with Gasteiger partial charge in [-0.15, -0.1) is 0 Å². The minimum Gasteiger partial charge on any atom is -0.208 e. The summed E-state index contributed by atoms with van der Waals surface area (Å²) in [5, 5.41) is 13.4. The fraction of sp³-hybridized carbons (Fsp3) is 0. The number of aromatic nitrogens is 3. The van der Waals surface area contributed by atoms with Crippen LogP contribution in [0.4, 0.5) is 0 Å². The van der Waals surface area contributed by atoms with Gasteiger partial charge in [-0.1, -0.05) is 188 Å². The third-order valence-corrected chi connectivity index (χ3v) is 16.2. The van der Waals surface area contributed by atoms with Crippen molar-refractivity contribution >= 4 is 61.1 Å². The van der Waals surface area contributed by atoms with Gasteiger partial charge in [-0.2, -0.15) is 0 Å². The molecule has 256 valence electrons. The first-order valence-corrected chi connectivity index (χ1v) is 20.8. The molecule has 0 saturated heterocycles. The van der Waals surface area contributed by atoms with Crippen molar-refractivity contribution in [3.63, 3.8) is 0 Å².